The number of nitrogens with two attached hydrogens (primary N) is 1. The molecule has 0 aromatic heterocycles. The molecule has 0 aliphatic rings. The Morgan fingerprint density at radius 3 is 2.47 bits per heavy atom. The Balaban J connectivity index is 3.08. The molecule has 0 saturated heterocycles. The van der Waals surface area contributed by atoms with Gasteiger partial charge in [-0.3, -0.25) is 4.79 Å². The number of hydrogen-bond donors (Lipinski definition) is 3. The minimum Gasteiger partial charge on any atom is -0.507 e. The van der Waals surface area contributed by atoms with Crippen molar-refractivity contribution in [2.24, 2.45) is 5.73 Å². The number of carbonyl (C=O) groups is 1. The third kappa shape index (κ3) is 3.35. The molecule has 4 nitrogen and oxygen atoms in total. The maximum absolute atomic E-state index is 12.4. The summed E-state index contributed by atoms with van der Waals surface area (Å²) in [7, 11) is 0. The molecule has 1 unspecified atom stereocenters. The van der Waals surface area contributed by atoms with E-state index in [1.807, 2.05) is 0 Å². The van der Waals surface area contributed by atoms with Crippen LogP contribution in [0.25, 0.3) is 0 Å². The zero-order valence-corrected chi connectivity index (χ0v) is 8.53. The maximum Gasteiger partial charge on any atom is 0.419 e. The monoisotopic (exact) mass is 249 g/mol. The molecule has 1 aromatic rings. The van der Waals surface area contributed by atoms with Gasteiger partial charge in [0.1, 0.15) is 5.75 Å². The van der Waals surface area contributed by atoms with Crippen LogP contribution in [0.4, 0.5) is 13.2 Å². The molecular weight excluding hydrogens is 239 g/mol. The molecule has 94 valence electrons. The van der Waals surface area contributed by atoms with E-state index >= 15 is 0 Å². The van der Waals surface area contributed by atoms with Gasteiger partial charge in [-0.1, -0.05) is 6.07 Å². The van der Waals surface area contributed by atoms with E-state index in [-0.39, 0.29) is 5.56 Å². The highest BCUT2D eigenvalue weighted by atomic mass is 19.4. The van der Waals surface area contributed by atoms with Crippen molar-refractivity contribution in [1.82, 2.24) is 0 Å². The standard InChI is InChI=1S/C10H10F3NO3/c11-10(12,13)6-3-5(1-2-8(6)15)7(14)4-9(16)17/h1-3,7,15H,4,14H2,(H,16,17). The minimum absolute atomic E-state index is 0.0116. The van der Waals surface area contributed by atoms with Crippen LogP contribution in [-0.2, 0) is 11.0 Å². The highest BCUT2D eigenvalue weighted by Crippen LogP contribution is 2.37. The number of aromatic hydroxyl groups is 1. The van der Waals surface area contributed by atoms with Crippen LogP contribution in [0, 0.1) is 0 Å². The van der Waals surface area contributed by atoms with E-state index in [0.717, 1.165) is 12.1 Å². The number of halogens is 3. The van der Waals surface area contributed by atoms with Crippen molar-refractivity contribution in [3.8, 4) is 5.75 Å². The Labute approximate surface area is 94.5 Å². The summed E-state index contributed by atoms with van der Waals surface area (Å²) in [6, 6.07) is 1.62. The van der Waals surface area contributed by atoms with Crippen LogP contribution in [0.3, 0.4) is 0 Å². The number of alkyl halides is 3. The van der Waals surface area contributed by atoms with Crippen LogP contribution < -0.4 is 5.73 Å². The highest BCUT2D eigenvalue weighted by Gasteiger charge is 2.34. The van der Waals surface area contributed by atoms with Crippen molar-refractivity contribution >= 4 is 5.97 Å². The van der Waals surface area contributed by atoms with E-state index in [1.165, 1.54) is 0 Å². The van der Waals surface area contributed by atoms with E-state index in [9.17, 15) is 18.0 Å². The fourth-order valence-corrected chi connectivity index (χ4v) is 1.32. The molecule has 0 amide bonds. The van der Waals surface area contributed by atoms with Crippen molar-refractivity contribution in [2.45, 2.75) is 18.6 Å². The summed E-state index contributed by atoms with van der Waals surface area (Å²) in [4.78, 5) is 10.4. The zero-order valence-electron chi connectivity index (χ0n) is 8.53. The van der Waals surface area contributed by atoms with E-state index in [1.54, 1.807) is 0 Å². The smallest absolute Gasteiger partial charge is 0.419 e. The quantitative estimate of drug-likeness (QED) is 0.763. The maximum atomic E-state index is 12.4. The van der Waals surface area contributed by atoms with E-state index in [2.05, 4.69) is 0 Å². The molecule has 0 spiro atoms. The van der Waals surface area contributed by atoms with Gasteiger partial charge in [0.25, 0.3) is 0 Å². The molecule has 0 fully saturated rings. The average Bonchev–Trinajstić information content (AvgIpc) is 2.15. The number of aliphatic carboxylic acids is 1. The highest BCUT2D eigenvalue weighted by molar-refractivity contribution is 5.68. The number of hydrogen-bond acceptors (Lipinski definition) is 3. The van der Waals surface area contributed by atoms with Crippen LogP contribution >= 0.6 is 0 Å². The van der Waals surface area contributed by atoms with Crippen LogP contribution in [0.2, 0.25) is 0 Å². The lowest BCUT2D eigenvalue weighted by molar-refractivity contribution is -0.139. The SMILES string of the molecule is NC(CC(=O)O)c1ccc(O)c(C(F)(F)F)c1. The molecule has 4 N–H and O–H groups in total. The van der Waals surface area contributed by atoms with Gasteiger partial charge in [-0.05, 0) is 17.7 Å². The number of carboxylic acids is 1. The van der Waals surface area contributed by atoms with Crippen molar-refractivity contribution < 1.29 is 28.2 Å². The van der Waals surface area contributed by atoms with E-state index < -0.39 is 35.9 Å². The fraction of sp³-hybridized carbons (Fsp3) is 0.300. The van der Waals surface area contributed by atoms with Crippen molar-refractivity contribution in [3.63, 3.8) is 0 Å². The molecule has 0 heterocycles. The van der Waals surface area contributed by atoms with Gasteiger partial charge < -0.3 is 15.9 Å². The van der Waals surface area contributed by atoms with Gasteiger partial charge in [-0.25, -0.2) is 0 Å². The molecular formula is C10H10F3NO3. The van der Waals surface area contributed by atoms with Crippen molar-refractivity contribution in [2.75, 3.05) is 0 Å². The Hall–Kier alpha value is -1.76. The first-order chi connectivity index (χ1) is 7.71. The van der Waals surface area contributed by atoms with Gasteiger partial charge in [0, 0.05) is 6.04 Å². The van der Waals surface area contributed by atoms with Gasteiger partial charge in [0.05, 0.1) is 12.0 Å². The molecule has 0 aliphatic heterocycles. The van der Waals surface area contributed by atoms with Crippen LogP contribution in [0.1, 0.15) is 23.6 Å². The Morgan fingerprint density at radius 1 is 1.41 bits per heavy atom. The zero-order chi connectivity index (χ0) is 13.2. The van der Waals surface area contributed by atoms with Gasteiger partial charge in [0.2, 0.25) is 0 Å². The topological polar surface area (TPSA) is 83.6 Å². The molecule has 0 aliphatic carbocycles. The molecule has 7 heteroatoms. The molecule has 1 rings (SSSR count). The summed E-state index contributed by atoms with van der Waals surface area (Å²) >= 11 is 0. The summed E-state index contributed by atoms with van der Waals surface area (Å²) in [6.07, 6.45) is -5.19. The lowest BCUT2D eigenvalue weighted by Crippen LogP contribution is -2.16. The second kappa shape index (κ2) is 4.62. The Kier molecular flexibility index (Phi) is 3.62. The van der Waals surface area contributed by atoms with Crippen LogP contribution in [0.5, 0.6) is 5.75 Å². The first-order valence-electron chi connectivity index (χ1n) is 4.59. The number of rotatable bonds is 3. The minimum atomic E-state index is -4.71. The summed E-state index contributed by atoms with van der Waals surface area (Å²) < 4.78 is 37.3. The largest absolute Gasteiger partial charge is 0.507 e. The third-order valence-corrected chi connectivity index (χ3v) is 2.15. The van der Waals surface area contributed by atoms with Gasteiger partial charge in [-0.15, -0.1) is 0 Å². The average molecular weight is 249 g/mol. The number of phenols is 1. The van der Waals surface area contributed by atoms with Crippen molar-refractivity contribution in [3.05, 3.63) is 29.3 Å². The van der Waals surface area contributed by atoms with Gasteiger partial charge in [-0.2, -0.15) is 13.2 Å². The summed E-state index contributed by atoms with van der Waals surface area (Å²) in [5, 5.41) is 17.5. The molecule has 17 heavy (non-hydrogen) atoms. The number of carboxylic acid groups (broad SMARTS) is 1. The predicted octanol–water partition coefficient (Wildman–Crippen LogP) is 1.89. The normalized spacial score (nSPS) is 13.4. The second-order valence-electron chi connectivity index (χ2n) is 3.48. The fourth-order valence-electron chi connectivity index (χ4n) is 1.32. The number of benzene rings is 1. The molecule has 0 bridgehead atoms. The Bertz CT molecular complexity index is 431. The molecule has 0 saturated carbocycles. The summed E-state index contributed by atoms with van der Waals surface area (Å²) in [5.74, 6) is -2.12. The molecule has 1 aromatic carbocycles. The Morgan fingerprint density at radius 2 is 2.00 bits per heavy atom. The van der Waals surface area contributed by atoms with Gasteiger partial charge in [0.15, 0.2) is 0 Å². The number of phenolic OH excluding ortho intramolecular Hbond substituents is 1. The lowest BCUT2D eigenvalue weighted by Gasteiger charge is -2.14. The van der Waals surface area contributed by atoms with E-state index in [0.29, 0.717) is 6.07 Å². The second-order valence-corrected chi connectivity index (χ2v) is 3.48. The van der Waals surface area contributed by atoms with Crippen LogP contribution in [-0.4, -0.2) is 16.2 Å². The van der Waals surface area contributed by atoms with Crippen LogP contribution in [0.15, 0.2) is 18.2 Å². The predicted molar refractivity (Wildman–Crippen MR) is 52.3 cm³/mol. The summed E-state index contributed by atoms with van der Waals surface area (Å²) in [5.41, 5.74) is 4.21. The van der Waals surface area contributed by atoms with Gasteiger partial charge >= 0.3 is 12.1 Å². The lowest BCUT2D eigenvalue weighted by atomic mass is 10.0. The first-order valence-corrected chi connectivity index (χ1v) is 4.59. The molecule has 1 atom stereocenters. The van der Waals surface area contributed by atoms with Crippen molar-refractivity contribution in [1.29, 1.82) is 0 Å². The summed E-state index contributed by atoms with van der Waals surface area (Å²) in [6.45, 7) is 0. The molecule has 0 radical (unpaired) electrons. The first kappa shape index (κ1) is 13.3. The van der Waals surface area contributed by atoms with E-state index in [4.69, 9.17) is 15.9 Å². The third-order valence-electron chi connectivity index (χ3n) is 2.15.